The minimum Gasteiger partial charge on any atom is -0.486 e. The van der Waals surface area contributed by atoms with Crippen molar-refractivity contribution in [1.82, 2.24) is 4.98 Å². The zero-order chi connectivity index (χ0) is 22.9. The average Bonchev–Trinajstić information content (AvgIpc) is 3.42. The monoisotopic (exact) mass is 467 g/mol. The summed E-state index contributed by atoms with van der Waals surface area (Å²) < 4.78 is 24.7. The summed E-state index contributed by atoms with van der Waals surface area (Å²) in [7, 11) is 0. The maximum Gasteiger partial charge on any atom is 0.232 e. The molecule has 1 fully saturated rings. The van der Waals surface area contributed by atoms with Crippen LogP contribution in [0.15, 0.2) is 47.8 Å². The van der Waals surface area contributed by atoms with Gasteiger partial charge in [-0.25, -0.2) is 9.37 Å². The van der Waals surface area contributed by atoms with Gasteiger partial charge in [0.25, 0.3) is 0 Å². The van der Waals surface area contributed by atoms with Gasteiger partial charge < -0.3 is 19.3 Å². The second kappa shape index (κ2) is 8.82. The molecule has 0 radical (unpaired) electrons. The molecule has 0 aliphatic carbocycles. The number of thiazole rings is 1. The third-order valence-corrected chi connectivity index (χ3v) is 6.53. The highest BCUT2D eigenvalue weighted by Gasteiger charge is 2.38. The minimum absolute atomic E-state index is 0.0983. The van der Waals surface area contributed by atoms with Crippen LogP contribution >= 0.6 is 11.3 Å². The molecule has 2 aromatic carbocycles. The number of nitrogens with zero attached hydrogens (tertiary/aromatic N) is 3. The predicted octanol–water partition coefficient (Wildman–Crippen LogP) is 3.95. The van der Waals surface area contributed by atoms with Crippen molar-refractivity contribution in [3.63, 3.8) is 0 Å². The van der Waals surface area contributed by atoms with Crippen LogP contribution in [0.4, 0.5) is 15.8 Å². The minimum atomic E-state index is -0.532. The lowest BCUT2D eigenvalue weighted by atomic mass is 10.1. The molecule has 7 nitrogen and oxygen atoms in total. The van der Waals surface area contributed by atoms with Gasteiger partial charge in [0.1, 0.15) is 19.0 Å². The van der Waals surface area contributed by atoms with E-state index in [0.29, 0.717) is 36.1 Å². The summed E-state index contributed by atoms with van der Waals surface area (Å²) in [4.78, 5) is 34.1. The molecule has 3 aromatic rings. The number of aryl methyl sites for hydroxylation is 1. The van der Waals surface area contributed by atoms with E-state index in [0.717, 1.165) is 10.7 Å². The molecule has 3 heterocycles. The number of amides is 2. The molecule has 0 N–H and O–H groups in total. The van der Waals surface area contributed by atoms with Crippen LogP contribution in [0.3, 0.4) is 0 Å². The fraction of sp³-hybridized carbons (Fsp3) is 0.292. The number of rotatable bonds is 5. The molecule has 0 bridgehead atoms. The Kier molecular flexibility index (Phi) is 5.72. The Labute approximate surface area is 194 Å². The molecule has 2 aliphatic rings. The second-order valence-electron chi connectivity index (χ2n) is 7.99. The molecule has 5 rings (SSSR count). The van der Waals surface area contributed by atoms with Crippen LogP contribution < -0.4 is 19.3 Å². The van der Waals surface area contributed by atoms with Crippen LogP contribution in [-0.2, 0) is 16.1 Å². The number of anilines is 2. The molecule has 9 heteroatoms. The summed E-state index contributed by atoms with van der Waals surface area (Å²) in [5, 5.41) is 2.80. The Morgan fingerprint density at radius 3 is 2.67 bits per heavy atom. The van der Waals surface area contributed by atoms with Crippen LogP contribution in [0.5, 0.6) is 11.5 Å². The predicted molar refractivity (Wildman–Crippen MR) is 122 cm³/mol. The lowest BCUT2D eigenvalue weighted by Crippen LogP contribution is -2.37. The van der Waals surface area contributed by atoms with Gasteiger partial charge in [-0.3, -0.25) is 9.59 Å². The van der Waals surface area contributed by atoms with Crippen LogP contribution in [0.2, 0.25) is 0 Å². The summed E-state index contributed by atoms with van der Waals surface area (Å²) in [6.07, 6.45) is 0.0983. The molecular weight excluding hydrogens is 445 g/mol. The van der Waals surface area contributed by atoms with Crippen LogP contribution in [0, 0.1) is 18.7 Å². The van der Waals surface area contributed by atoms with E-state index in [1.807, 2.05) is 12.3 Å². The fourth-order valence-corrected chi connectivity index (χ4v) is 4.71. The maximum atomic E-state index is 13.6. The molecule has 0 spiro atoms. The maximum absolute atomic E-state index is 13.6. The number of hydrogen-bond donors (Lipinski definition) is 0. The zero-order valence-corrected chi connectivity index (χ0v) is 18.8. The molecule has 1 saturated heterocycles. The van der Waals surface area contributed by atoms with Crippen molar-refractivity contribution in [3.8, 4) is 11.5 Å². The molecule has 170 valence electrons. The largest absolute Gasteiger partial charge is 0.486 e. The number of fused-ring (bicyclic) bond motifs is 1. The van der Waals surface area contributed by atoms with Gasteiger partial charge in [0.15, 0.2) is 11.5 Å². The smallest absolute Gasteiger partial charge is 0.232 e. The Morgan fingerprint density at radius 1 is 1.18 bits per heavy atom. The van der Waals surface area contributed by atoms with E-state index in [-0.39, 0.29) is 37.1 Å². The highest BCUT2D eigenvalue weighted by molar-refractivity contribution is 7.09. The molecule has 2 amide bonds. The van der Waals surface area contributed by atoms with Gasteiger partial charge in [0, 0.05) is 35.8 Å². The Balaban J connectivity index is 1.39. The second-order valence-corrected chi connectivity index (χ2v) is 9.05. The van der Waals surface area contributed by atoms with Gasteiger partial charge in [-0.2, -0.15) is 0 Å². The molecular formula is C24H22FN3O4S. The summed E-state index contributed by atoms with van der Waals surface area (Å²) >= 11 is 1.50. The van der Waals surface area contributed by atoms with Crippen LogP contribution in [0.1, 0.15) is 17.1 Å². The third kappa shape index (κ3) is 4.41. The summed E-state index contributed by atoms with van der Waals surface area (Å²) in [5.74, 6) is -0.000289. The number of benzene rings is 2. The van der Waals surface area contributed by atoms with E-state index in [2.05, 4.69) is 4.98 Å². The van der Waals surface area contributed by atoms with Crippen LogP contribution in [-0.4, -0.2) is 36.6 Å². The molecule has 0 unspecified atom stereocenters. The van der Waals surface area contributed by atoms with Crippen molar-refractivity contribution >= 4 is 34.5 Å². The number of hydrogen-bond acceptors (Lipinski definition) is 6. The zero-order valence-electron chi connectivity index (χ0n) is 18.0. The van der Waals surface area contributed by atoms with E-state index < -0.39 is 5.92 Å². The average molecular weight is 468 g/mol. The van der Waals surface area contributed by atoms with Gasteiger partial charge in [-0.1, -0.05) is 0 Å². The topological polar surface area (TPSA) is 72.0 Å². The Hall–Kier alpha value is -3.46. The number of halogens is 1. The lowest BCUT2D eigenvalue weighted by Gasteiger charge is -2.25. The lowest BCUT2D eigenvalue weighted by molar-refractivity contribution is -0.124. The van der Waals surface area contributed by atoms with Gasteiger partial charge in [-0.15, -0.1) is 11.3 Å². The van der Waals surface area contributed by atoms with E-state index in [1.165, 1.54) is 23.5 Å². The number of aromatic nitrogens is 1. The van der Waals surface area contributed by atoms with Gasteiger partial charge in [0.05, 0.1) is 23.2 Å². The first-order chi connectivity index (χ1) is 16.0. The summed E-state index contributed by atoms with van der Waals surface area (Å²) in [6.45, 7) is 3.35. The van der Waals surface area contributed by atoms with Crippen LogP contribution in [0.25, 0.3) is 0 Å². The van der Waals surface area contributed by atoms with Crippen molar-refractivity contribution in [3.05, 3.63) is 64.4 Å². The standard InChI is InChI=1S/C24H22FN3O4S/c1-15-26-18(14-33-15)13-28(19-4-2-17(25)3-5-19)24(30)16-10-23(29)27(12-16)20-6-7-21-22(11-20)32-9-8-31-21/h2-7,11,14,16H,8-10,12-13H2,1H3/t16-/m0/s1. The number of carbonyl (C=O) groups is 2. The SMILES string of the molecule is Cc1nc(CN(C(=O)[C@H]2CC(=O)N(c3ccc4c(c3)OCCO4)C2)c2ccc(F)cc2)cs1. The third-order valence-electron chi connectivity index (χ3n) is 5.70. The van der Waals surface area contributed by atoms with Crippen molar-refractivity contribution in [2.24, 2.45) is 5.92 Å². The number of ether oxygens (including phenoxy) is 2. The van der Waals surface area contributed by atoms with Crippen molar-refractivity contribution < 1.29 is 23.5 Å². The molecule has 1 atom stereocenters. The first-order valence-corrected chi connectivity index (χ1v) is 11.5. The van der Waals surface area contributed by atoms with Crippen molar-refractivity contribution in [2.75, 3.05) is 29.6 Å². The molecule has 1 aromatic heterocycles. The van der Waals surface area contributed by atoms with E-state index in [1.54, 1.807) is 40.1 Å². The number of carbonyl (C=O) groups excluding carboxylic acids is 2. The highest BCUT2D eigenvalue weighted by Crippen LogP contribution is 2.36. The Bertz CT molecular complexity index is 1200. The summed E-state index contributed by atoms with van der Waals surface area (Å²) in [6, 6.07) is 11.1. The summed E-state index contributed by atoms with van der Waals surface area (Å²) in [5.41, 5.74) is 1.99. The van der Waals surface area contributed by atoms with E-state index in [4.69, 9.17) is 9.47 Å². The molecule has 0 saturated carbocycles. The van der Waals surface area contributed by atoms with Gasteiger partial charge in [0.2, 0.25) is 11.8 Å². The fourth-order valence-electron chi connectivity index (χ4n) is 4.10. The molecule has 2 aliphatic heterocycles. The Morgan fingerprint density at radius 2 is 1.94 bits per heavy atom. The van der Waals surface area contributed by atoms with E-state index >= 15 is 0 Å². The van der Waals surface area contributed by atoms with Gasteiger partial charge in [-0.05, 0) is 43.3 Å². The first-order valence-electron chi connectivity index (χ1n) is 10.7. The molecule has 33 heavy (non-hydrogen) atoms. The highest BCUT2D eigenvalue weighted by atomic mass is 32.1. The van der Waals surface area contributed by atoms with Gasteiger partial charge >= 0.3 is 0 Å². The van der Waals surface area contributed by atoms with Crippen molar-refractivity contribution in [2.45, 2.75) is 19.9 Å². The normalized spacial score (nSPS) is 17.3. The van der Waals surface area contributed by atoms with Crippen molar-refractivity contribution in [1.29, 1.82) is 0 Å². The first kappa shape index (κ1) is 21.4. The van der Waals surface area contributed by atoms with E-state index in [9.17, 15) is 14.0 Å². The quantitative estimate of drug-likeness (QED) is 0.568.